The molecule has 0 aromatic rings. The maximum absolute atomic E-state index is 10.9. The molecular formula is C15H30IN3O2. The molecule has 0 aliphatic carbocycles. The standard InChI is InChI=1S/C15H29N3O2.HI/c1-5-6-10-13-18(3)15(16-2)17-12-9-7-8-11-14(19)20-4;/h5H,1,6-13H2,2-4H3,(H,16,17);1H. The number of carbonyl (C=O) groups is 1. The minimum absolute atomic E-state index is 0. The second-order valence-electron chi connectivity index (χ2n) is 4.71. The third kappa shape index (κ3) is 12.6. The normalized spacial score (nSPS) is 10.5. The second kappa shape index (κ2) is 15.6. The molecule has 0 aromatic heterocycles. The molecule has 0 rings (SSSR count). The molecular weight excluding hydrogens is 381 g/mol. The Morgan fingerprint density at radius 3 is 2.62 bits per heavy atom. The Bertz CT molecular complexity index is 309. The Hall–Kier alpha value is -0.790. The molecule has 0 aliphatic rings. The molecule has 0 saturated carbocycles. The summed E-state index contributed by atoms with van der Waals surface area (Å²) in [5.41, 5.74) is 0. The van der Waals surface area contributed by atoms with E-state index in [0.29, 0.717) is 6.42 Å². The number of ether oxygens (including phenoxy) is 1. The van der Waals surface area contributed by atoms with Gasteiger partial charge in [-0.2, -0.15) is 0 Å². The van der Waals surface area contributed by atoms with Crippen LogP contribution in [0.3, 0.4) is 0 Å². The van der Waals surface area contributed by atoms with Crippen LogP contribution in [0.5, 0.6) is 0 Å². The molecule has 5 nitrogen and oxygen atoms in total. The number of carbonyl (C=O) groups excluding carboxylic acids is 1. The molecule has 124 valence electrons. The van der Waals surface area contributed by atoms with Crippen molar-refractivity contribution in [3.05, 3.63) is 12.7 Å². The fourth-order valence-corrected chi connectivity index (χ4v) is 1.84. The average Bonchev–Trinajstić information content (AvgIpc) is 2.46. The van der Waals surface area contributed by atoms with Crippen molar-refractivity contribution in [2.75, 3.05) is 34.3 Å². The lowest BCUT2D eigenvalue weighted by Crippen LogP contribution is -2.39. The van der Waals surface area contributed by atoms with Crippen LogP contribution in [0.1, 0.15) is 38.5 Å². The number of halogens is 1. The molecule has 0 aromatic carbocycles. The molecule has 1 N–H and O–H groups in total. The van der Waals surface area contributed by atoms with Crippen LogP contribution in [0.25, 0.3) is 0 Å². The maximum Gasteiger partial charge on any atom is 0.305 e. The molecule has 0 unspecified atom stereocenters. The Morgan fingerprint density at radius 1 is 1.33 bits per heavy atom. The lowest BCUT2D eigenvalue weighted by atomic mass is 10.2. The molecule has 0 saturated heterocycles. The predicted molar refractivity (Wildman–Crippen MR) is 99.3 cm³/mol. The highest BCUT2D eigenvalue weighted by atomic mass is 127. The summed E-state index contributed by atoms with van der Waals surface area (Å²) < 4.78 is 4.60. The van der Waals surface area contributed by atoms with Gasteiger partial charge in [0, 0.05) is 33.6 Å². The van der Waals surface area contributed by atoms with Gasteiger partial charge in [-0.1, -0.05) is 12.5 Å². The van der Waals surface area contributed by atoms with Gasteiger partial charge >= 0.3 is 5.97 Å². The summed E-state index contributed by atoms with van der Waals surface area (Å²) in [6.45, 7) is 5.56. The van der Waals surface area contributed by atoms with Crippen molar-refractivity contribution in [1.29, 1.82) is 0 Å². The number of nitrogens with zero attached hydrogens (tertiary/aromatic N) is 2. The highest BCUT2D eigenvalue weighted by Crippen LogP contribution is 2.00. The van der Waals surface area contributed by atoms with Crippen LogP contribution >= 0.6 is 24.0 Å². The van der Waals surface area contributed by atoms with Crippen molar-refractivity contribution < 1.29 is 9.53 Å². The highest BCUT2D eigenvalue weighted by molar-refractivity contribution is 14.0. The summed E-state index contributed by atoms with van der Waals surface area (Å²) in [6.07, 6.45) is 7.46. The molecule has 0 heterocycles. The third-order valence-corrected chi connectivity index (χ3v) is 3.04. The molecule has 0 fully saturated rings. The van der Waals surface area contributed by atoms with Gasteiger partial charge < -0.3 is 15.0 Å². The topological polar surface area (TPSA) is 53.9 Å². The average molecular weight is 411 g/mol. The molecule has 0 amide bonds. The van der Waals surface area contributed by atoms with Crippen LogP contribution in [0, 0.1) is 0 Å². The summed E-state index contributed by atoms with van der Waals surface area (Å²) in [5.74, 6) is 0.790. The third-order valence-electron chi connectivity index (χ3n) is 3.04. The van der Waals surface area contributed by atoms with E-state index in [-0.39, 0.29) is 29.9 Å². The Labute approximate surface area is 146 Å². The fourth-order valence-electron chi connectivity index (χ4n) is 1.84. The van der Waals surface area contributed by atoms with Crippen molar-refractivity contribution in [3.8, 4) is 0 Å². The Kier molecular flexibility index (Phi) is 16.7. The summed E-state index contributed by atoms with van der Waals surface area (Å²) in [4.78, 5) is 17.3. The first-order chi connectivity index (χ1) is 9.65. The van der Waals surface area contributed by atoms with E-state index in [0.717, 1.165) is 51.2 Å². The zero-order valence-corrected chi connectivity index (χ0v) is 15.9. The summed E-state index contributed by atoms with van der Waals surface area (Å²) in [5, 5.41) is 3.33. The largest absolute Gasteiger partial charge is 0.469 e. The van der Waals surface area contributed by atoms with Gasteiger partial charge in [-0.3, -0.25) is 9.79 Å². The van der Waals surface area contributed by atoms with E-state index in [1.165, 1.54) is 7.11 Å². The van der Waals surface area contributed by atoms with Crippen molar-refractivity contribution in [1.82, 2.24) is 10.2 Å². The highest BCUT2D eigenvalue weighted by Gasteiger charge is 2.04. The van der Waals surface area contributed by atoms with Gasteiger partial charge in [0.25, 0.3) is 0 Å². The number of rotatable bonds is 10. The molecule has 0 atom stereocenters. The smallest absolute Gasteiger partial charge is 0.305 e. The zero-order chi connectivity index (χ0) is 15.2. The monoisotopic (exact) mass is 411 g/mol. The molecule has 21 heavy (non-hydrogen) atoms. The molecule has 0 radical (unpaired) electrons. The number of hydrogen-bond donors (Lipinski definition) is 1. The van der Waals surface area contributed by atoms with Crippen molar-refractivity contribution in [3.63, 3.8) is 0 Å². The maximum atomic E-state index is 10.9. The van der Waals surface area contributed by atoms with E-state index >= 15 is 0 Å². The lowest BCUT2D eigenvalue weighted by molar-refractivity contribution is -0.140. The fraction of sp³-hybridized carbons (Fsp3) is 0.733. The number of allylic oxidation sites excluding steroid dienone is 1. The quantitative estimate of drug-likeness (QED) is 0.150. The van der Waals surface area contributed by atoms with Crippen LogP contribution in [0.4, 0.5) is 0 Å². The SMILES string of the molecule is C=CCCCN(C)C(=NC)NCCCCCC(=O)OC.I. The van der Waals surface area contributed by atoms with Gasteiger partial charge in [0.1, 0.15) is 0 Å². The van der Waals surface area contributed by atoms with E-state index < -0.39 is 0 Å². The first kappa shape index (κ1) is 22.5. The summed E-state index contributed by atoms with van der Waals surface area (Å²) in [7, 11) is 5.26. The summed E-state index contributed by atoms with van der Waals surface area (Å²) in [6, 6.07) is 0. The van der Waals surface area contributed by atoms with Crippen molar-refractivity contribution in [2.24, 2.45) is 4.99 Å². The van der Waals surface area contributed by atoms with Crippen LogP contribution in [-0.2, 0) is 9.53 Å². The molecule has 0 spiro atoms. The number of hydrogen-bond acceptors (Lipinski definition) is 3. The first-order valence-corrected chi connectivity index (χ1v) is 7.25. The van der Waals surface area contributed by atoms with E-state index in [4.69, 9.17) is 0 Å². The van der Waals surface area contributed by atoms with E-state index in [9.17, 15) is 4.79 Å². The first-order valence-electron chi connectivity index (χ1n) is 7.25. The van der Waals surface area contributed by atoms with Gasteiger partial charge in [-0.25, -0.2) is 0 Å². The Balaban J connectivity index is 0. The van der Waals surface area contributed by atoms with Crippen molar-refractivity contribution >= 4 is 35.9 Å². The number of guanidine groups is 1. The van der Waals surface area contributed by atoms with Gasteiger partial charge in [-0.15, -0.1) is 30.6 Å². The summed E-state index contributed by atoms with van der Waals surface area (Å²) >= 11 is 0. The van der Waals surface area contributed by atoms with Gasteiger partial charge in [-0.05, 0) is 25.7 Å². The van der Waals surface area contributed by atoms with Gasteiger partial charge in [0.05, 0.1) is 7.11 Å². The van der Waals surface area contributed by atoms with Gasteiger partial charge in [0.15, 0.2) is 5.96 Å². The van der Waals surface area contributed by atoms with E-state index in [1.54, 1.807) is 7.05 Å². The van der Waals surface area contributed by atoms with E-state index in [1.807, 2.05) is 13.1 Å². The molecule has 0 aliphatic heterocycles. The van der Waals surface area contributed by atoms with E-state index in [2.05, 4.69) is 26.5 Å². The van der Waals surface area contributed by atoms with Crippen LogP contribution in [-0.4, -0.2) is 51.1 Å². The van der Waals surface area contributed by atoms with Gasteiger partial charge in [0.2, 0.25) is 0 Å². The number of nitrogens with one attached hydrogen (secondary N) is 1. The number of methoxy groups -OCH3 is 1. The minimum Gasteiger partial charge on any atom is -0.469 e. The minimum atomic E-state index is -0.129. The number of aliphatic imine (C=N–C) groups is 1. The predicted octanol–water partition coefficient (Wildman–Crippen LogP) is 2.81. The molecule has 0 bridgehead atoms. The zero-order valence-electron chi connectivity index (χ0n) is 13.6. The van der Waals surface area contributed by atoms with Crippen LogP contribution in [0.2, 0.25) is 0 Å². The molecule has 6 heteroatoms. The van der Waals surface area contributed by atoms with Crippen molar-refractivity contribution in [2.45, 2.75) is 38.5 Å². The second-order valence-corrected chi connectivity index (χ2v) is 4.71. The van der Waals surface area contributed by atoms with Crippen LogP contribution < -0.4 is 5.32 Å². The number of unbranched alkanes of at least 4 members (excludes halogenated alkanes) is 3. The lowest BCUT2D eigenvalue weighted by Gasteiger charge is -2.21. The number of esters is 1. The Morgan fingerprint density at radius 2 is 2.05 bits per heavy atom. The van der Waals surface area contributed by atoms with Crippen LogP contribution in [0.15, 0.2) is 17.6 Å².